The van der Waals surface area contributed by atoms with Crippen LogP contribution in [0.15, 0.2) is 12.1 Å². The topological polar surface area (TPSA) is 26.3 Å². The quantitative estimate of drug-likeness (QED) is 0.477. The largest absolute Gasteiger partial charge is 0.462 e. The van der Waals surface area contributed by atoms with Crippen LogP contribution in [0.1, 0.15) is 17.3 Å². The Labute approximate surface area is 93.4 Å². The van der Waals surface area contributed by atoms with Crippen molar-refractivity contribution in [2.45, 2.75) is 6.92 Å². The first-order chi connectivity index (χ1) is 6.57. The summed E-state index contributed by atoms with van der Waals surface area (Å²) >= 11 is 1.64. The molecule has 0 atom stereocenters. The van der Waals surface area contributed by atoms with E-state index in [9.17, 15) is 13.6 Å². The third-order valence-corrected chi connectivity index (χ3v) is 2.36. The maximum absolute atomic E-state index is 13.2. The normalized spacial score (nSPS) is 10.0. The van der Waals surface area contributed by atoms with Crippen molar-refractivity contribution in [2.24, 2.45) is 0 Å². The first-order valence-corrected chi connectivity index (χ1v) is 4.96. The van der Waals surface area contributed by atoms with Gasteiger partial charge in [0.05, 0.1) is 15.7 Å². The fraction of sp³-hybridized carbons (Fsp3) is 0.222. The molecule has 0 aliphatic carbocycles. The highest BCUT2D eigenvalue weighted by molar-refractivity contribution is 14.1. The number of ether oxygens (including phenoxy) is 1. The summed E-state index contributed by atoms with van der Waals surface area (Å²) in [5, 5.41) is 0. The molecule has 1 aromatic rings. The Morgan fingerprint density at radius 3 is 2.64 bits per heavy atom. The fourth-order valence-electron chi connectivity index (χ4n) is 0.892. The molecular formula is C9H7F2IO2. The van der Waals surface area contributed by atoms with E-state index < -0.39 is 17.6 Å². The van der Waals surface area contributed by atoms with E-state index in [4.69, 9.17) is 0 Å². The van der Waals surface area contributed by atoms with Gasteiger partial charge in [-0.2, -0.15) is 0 Å². The lowest BCUT2D eigenvalue weighted by atomic mass is 10.2. The zero-order valence-corrected chi connectivity index (χ0v) is 9.47. The molecule has 2 nitrogen and oxygen atoms in total. The number of halogens is 3. The van der Waals surface area contributed by atoms with E-state index in [2.05, 4.69) is 4.74 Å². The molecule has 0 fully saturated rings. The fourth-order valence-corrected chi connectivity index (χ4v) is 1.31. The second kappa shape index (κ2) is 4.68. The van der Waals surface area contributed by atoms with Crippen LogP contribution in [0.2, 0.25) is 0 Å². The van der Waals surface area contributed by atoms with Crippen molar-refractivity contribution in [3.63, 3.8) is 0 Å². The van der Waals surface area contributed by atoms with Crippen molar-refractivity contribution in [3.05, 3.63) is 32.9 Å². The molecule has 0 radical (unpaired) electrons. The van der Waals surface area contributed by atoms with Crippen LogP contribution >= 0.6 is 22.6 Å². The van der Waals surface area contributed by atoms with Gasteiger partial charge in [-0.05, 0) is 41.6 Å². The molecule has 0 heterocycles. The number of hydrogen-bond donors (Lipinski definition) is 0. The number of hydrogen-bond acceptors (Lipinski definition) is 2. The molecule has 0 amide bonds. The summed E-state index contributed by atoms with van der Waals surface area (Å²) in [5.41, 5.74) is -0.371. The van der Waals surface area contributed by atoms with Crippen LogP contribution in [0.5, 0.6) is 0 Å². The molecular weight excluding hydrogens is 305 g/mol. The zero-order chi connectivity index (χ0) is 10.7. The number of rotatable bonds is 2. The molecule has 1 aromatic carbocycles. The van der Waals surface area contributed by atoms with Crippen LogP contribution in [0.4, 0.5) is 8.78 Å². The van der Waals surface area contributed by atoms with Gasteiger partial charge in [0.1, 0.15) is 0 Å². The average molecular weight is 312 g/mol. The zero-order valence-electron chi connectivity index (χ0n) is 7.31. The standard InChI is InChI=1S/C9H7F2IO2/c1-2-14-9(13)5-3-4-6(12)8(11)7(5)10/h3-4H,2H2,1H3. The van der Waals surface area contributed by atoms with Gasteiger partial charge in [0.2, 0.25) is 0 Å². The van der Waals surface area contributed by atoms with Gasteiger partial charge in [0, 0.05) is 0 Å². The minimum absolute atomic E-state index is 0.131. The van der Waals surface area contributed by atoms with E-state index in [1.807, 2.05) is 0 Å². The summed E-state index contributed by atoms with van der Waals surface area (Å²) in [6.45, 7) is 1.73. The lowest BCUT2D eigenvalue weighted by Gasteiger charge is -2.04. The third-order valence-electron chi connectivity index (χ3n) is 1.53. The molecule has 0 aliphatic rings. The Balaban J connectivity index is 3.11. The Morgan fingerprint density at radius 1 is 1.43 bits per heavy atom. The molecule has 0 aromatic heterocycles. The predicted molar refractivity (Wildman–Crippen MR) is 55.0 cm³/mol. The number of benzene rings is 1. The summed E-state index contributed by atoms with van der Waals surface area (Å²) < 4.78 is 30.8. The van der Waals surface area contributed by atoms with Crippen LogP contribution < -0.4 is 0 Å². The van der Waals surface area contributed by atoms with Crippen LogP contribution in [0, 0.1) is 15.2 Å². The molecule has 0 N–H and O–H groups in total. The molecule has 0 aliphatic heterocycles. The summed E-state index contributed by atoms with van der Waals surface area (Å²) in [4.78, 5) is 11.1. The first kappa shape index (κ1) is 11.4. The molecule has 0 unspecified atom stereocenters. The summed E-state index contributed by atoms with van der Waals surface area (Å²) in [7, 11) is 0. The van der Waals surface area contributed by atoms with Crippen LogP contribution in [0.3, 0.4) is 0 Å². The minimum atomic E-state index is -1.16. The highest BCUT2D eigenvalue weighted by Crippen LogP contribution is 2.18. The smallest absolute Gasteiger partial charge is 0.341 e. The summed E-state index contributed by atoms with van der Waals surface area (Å²) in [5.74, 6) is -3.02. The van der Waals surface area contributed by atoms with Gasteiger partial charge in [-0.15, -0.1) is 0 Å². The summed E-state index contributed by atoms with van der Waals surface area (Å²) in [6, 6.07) is 2.53. The maximum atomic E-state index is 13.2. The van der Waals surface area contributed by atoms with E-state index in [0.717, 1.165) is 0 Å². The molecule has 14 heavy (non-hydrogen) atoms. The van der Waals surface area contributed by atoms with E-state index >= 15 is 0 Å². The summed E-state index contributed by atoms with van der Waals surface area (Å²) in [6.07, 6.45) is 0. The minimum Gasteiger partial charge on any atom is -0.462 e. The van der Waals surface area contributed by atoms with Gasteiger partial charge in [0.15, 0.2) is 11.6 Å². The van der Waals surface area contributed by atoms with Crippen molar-refractivity contribution in [1.82, 2.24) is 0 Å². The second-order valence-corrected chi connectivity index (χ2v) is 3.61. The van der Waals surface area contributed by atoms with E-state index in [-0.39, 0.29) is 15.7 Å². The molecule has 76 valence electrons. The lowest BCUT2D eigenvalue weighted by Crippen LogP contribution is -2.09. The maximum Gasteiger partial charge on any atom is 0.341 e. The molecule has 0 bridgehead atoms. The van der Waals surface area contributed by atoms with Crippen molar-refractivity contribution < 1.29 is 18.3 Å². The SMILES string of the molecule is CCOC(=O)c1ccc(I)c(F)c1F. The number of esters is 1. The van der Waals surface area contributed by atoms with E-state index in [0.29, 0.717) is 0 Å². The Kier molecular flexibility index (Phi) is 3.79. The highest BCUT2D eigenvalue weighted by Gasteiger charge is 2.18. The molecule has 0 saturated heterocycles. The van der Waals surface area contributed by atoms with Crippen molar-refractivity contribution in [2.75, 3.05) is 6.61 Å². The number of carbonyl (C=O) groups excluding carboxylic acids is 1. The van der Waals surface area contributed by atoms with Crippen molar-refractivity contribution >= 4 is 28.6 Å². The van der Waals surface area contributed by atoms with Gasteiger partial charge >= 0.3 is 5.97 Å². The van der Waals surface area contributed by atoms with Crippen LogP contribution in [-0.2, 0) is 4.74 Å². The molecule has 0 spiro atoms. The second-order valence-electron chi connectivity index (χ2n) is 2.44. The van der Waals surface area contributed by atoms with Gasteiger partial charge in [-0.25, -0.2) is 13.6 Å². The first-order valence-electron chi connectivity index (χ1n) is 3.88. The lowest BCUT2D eigenvalue weighted by molar-refractivity contribution is 0.0519. The Hall–Kier alpha value is -0.720. The molecule has 5 heteroatoms. The number of carbonyl (C=O) groups is 1. The monoisotopic (exact) mass is 312 g/mol. The van der Waals surface area contributed by atoms with E-state index in [1.165, 1.54) is 12.1 Å². The average Bonchev–Trinajstić information content (AvgIpc) is 2.15. The van der Waals surface area contributed by atoms with Crippen molar-refractivity contribution in [3.8, 4) is 0 Å². The van der Waals surface area contributed by atoms with Gasteiger partial charge in [-0.3, -0.25) is 0 Å². The van der Waals surface area contributed by atoms with Gasteiger partial charge in [-0.1, -0.05) is 0 Å². The molecule has 1 rings (SSSR count). The van der Waals surface area contributed by atoms with Gasteiger partial charge in [0.25, 0.3) is 0 Å². The van der Waals surface area contributed by atoms with Crippen molar-refractivity contribution in [1.29, 1.82) is 0 Å². The van der Waals surface area contributed by atoms with Crippen LogP contribution in [0.25, 0.3) is 0 Å². The van der Waals surface area contributed by atoms with Crippen LogP contribution in [-0.4, -0.2) is 12.6 Å². The third kappa shape index (κ3) is 2.20. The van der Waals surface area contributed by atoms with E-state index in [1.54, 1.807) is 29.5 Å². The van der Waals surface area contributed by atoms with Gasteiger partial charge < -0.3 is 4.74 Å². The Bertz CT molecular complexity index is 366. The highest BCUT2D eigenvalue weighted by atomic mass is 127. The molecule has 0 saturated carbocycles. The predicted octanol–water partition coefficient (Wildman–Crippen LogP) is 2.75. The Morgan fingerprint density at radius 2 is 2.07 bits per heavy atom.